The second-order valence-electron chi connectivity index (χ2n) is 8.35. The number of hydrogen-bond acceptors (Lipinski definition) is 3. The van der Waals surface area contributed by atoms with Gasteiger partial charge in [0.05, 0.1) is 34.7 Å². The number of fused-ring (bicyclic) bond motifs is 2. The Bertz CT molecular complexity index is 1510. The highest BCUT2D eigenvalue weighted by Gasteiger charge is 2.34. The van der Waals surface area contributed by atoms with Gasteiger partial charge in [-0.3, -0.25) is 14.5 Å². The van der Waals surface area contributed by atoms with E-state index in [1.165, 1.54) is 35.1 Å². The fourth-order valence-electron chi connectivity index (χ4n) is 3.98. The molecule has 3 heterocycles. The van der Waals surface area contributed by atoms with E-state index in [0.29, 0.717) is 22.3 Å². The van der Waals surface area contributed by atoms with Crippen LogP contribution in [0.15, 0.2) is 48.9 Å². The predicted octanol–water partition coefficient (Wildman–Crippen LogP) is 6.45. The maximum atomic E-state index is 15.4. The highest BCUT2D eigenvalue weighted by Crippen LogP contribution is 2.39. The van der Waals surface area contributed by atoms with Gasteiger partial charge in [-0.25, -0.2) is 13.8 Å². The number of imidazole rings is 1. The standard InChI is InChI=1S/C24H19F4N5/c1-12(2)15-8-13(4-6-17(15)25)19-11-33-20(10-29-19)31-23(24(3,27)28)22(33)14-5-7-18-16(21(14)26)9-30-32-18/h4-12H,1-3H3,(H,30,32). The number of benzene rings is 2. The molecule has 3 aromatic heterocycles. The van der Waals surface area contributed by atoms with Gasteiger partial charge >= 0.3 is 0 Å². The topological polar surface area (TPSA) is 58.9 Å². The van der Waals surface area contributed by atoms with E-state index in [2.05, 4.69) is 20.2 Å². The number of nitrogens with zero attached hydrogens (tertiary/aromatic N) is 4. The molecule has 5 rings (SSSR count). The van der Waals surface area contributed by atoms with Gasteiger partial charge in [-0.15, -0.1) is 0 Å². The zero-order valence-electron chi connectivity index (χ0n) is 18.0. The summed E-state index contributed by atoms with van der Waals surface area (Å²) in [5.41, 5.74) is 1.45. The van der Waals surface area contributed by atoms with Crippen LogP contribution >= 0.6 is 0 Å². The molecule has 0 aliphatic carbocycles. The zero-order chi connectivity index (χ0) is 23.5. The second-order valence-corrected chi connectivity index (χ2v) is 8.35. The van der Waals surface area contributed by atoms with Crippen molar-refractivity contribution in [3.8, 4) is 22.5 Å². The Balaban J connectivity index is 1.79. The van der Waals surface area contributed by atoms with Gasteiger partial charge in [-0.05, 0) is 41.8 Å². The summed E-state index contributed by atoms with van der Waals surface area (Å²) in [6, 6.07) is 7.60. The van der Waals surface area contributed by atoms with Crippen molar-refractivity contribution in [3.05, 3.63) is 71.8 Å². The third-order valence-corrected chi connectivity index (χ3v) is 5.65. The van der Waals surface area contributed by atoms with E-state index in [9.17, 15) is 13.2 Å². The Morgan fingerprint density at radius 3 is 2.58 bits per heavy atom. The number of aromatic amines is 1. The molecule has 0 unspecified atom stereocenters. The van der Waals surface area contributed by atoms with Crippen LogP contribution in [0.1, 0.15) is 37.9 Å². The van der Waals surface area contributed by atoms with Crippen molar-refractivity contribution in [1.82, 2.24) is 24.6 Å². The maximum Gasteiger partial charge on any atom is 0.289 e. The highest BCUT2D eigenvalue weighted by molar-refractivity contribution is 5.85. The van der Waals surface area contributed by atoms with Gasteiger partial charge in [-0.1, -0.05) is 13.8 Å². The first-order chi connectivity index (χ1) is 15.6. The van der Waals surface area contributed by atoms with Crippen molar-refractivity contribution in [2.75, 3.05) is 0 Å². The normalized spacial score (nSPS) is 12.4. The number of H-pyrrole nitrogens is 1. The Hall–Kier alpha value is -3.75. The molecule has 5 nitrogen and oxygen atoms in total. The fraction of sp³-hybridized carbons (Fsp3) is 0.208. The van der Waals surface area contributed by atoms with Crippen LogP contribution in [-0.2, 0) is 5.92 Å². The van der Waals surface area contributed by atoms with E-state index in [1.54, 1.807) is 18.2 Å². The lowest BCUT2D eigenvalue weighted by Gasteiger charge is -2.13. The van der Waals surface area contributed by atoms with Crippen molar-refractivity contribution >= 4 is 16.6 Å². The van der Waals surface area contributed by atoms with Gasteiger partial charge in [0.15, 0.2) is 5.65 Å². The number of hydrogen-bond donors (Lipinski definition) is 1. The van der Waals surface area contributed by atoms with Gasteiger partial charge in [0, 0.05) is 24.2 Å². The number of aromatic nitrogens is 5. The molecule has 33 heavy (non-hydrogen) atoms. The molecule has 0 fully saturated rings. The second kappa shape index (κ2) is 7.40. The van der Waals surface area contributed by atoms with Crippen LogP contribution in [0.2, 0.25) is 0 Å². The third-order valence-electron chi connectivity index (χ3n) is 5.65. The number of nitrogens with one attached hydrogen (secondary N) is 1. The smallest absolute Gasteiger partial charge is 0.289 e. The van der Waals surface area contributed by atoms with Crippen LogP contribution in [0.4, 0.5) is 17.6 Å². The third kappa shape index (κ3) is 3.44. The van der Waals surface area contributed by atoms with E-state index in [4.69, 9.17) is 0 Å². The monoisotopic (exact) mass is 453 g/mol. The first-order valence-corrected chi connectivity index (χ1v) is 10.3. The van der Waals surface area contributed by atoms with Crippen LogP contribution in [0, 0.1) is 11.6 Å². The summed E-state index contributed by atoms with van der Waals surface area (Å²) in [4.78, 5) is 8.41. The molecule has 0 spiro atoms. The minimum Gasteiger partial charge on any atom is -0.296 e. The molecule has 0 saturated heterocycles. The molecule has 0 atom stereocenters. The Labute approximate surface area is 186 Å². The van der Waals surface area contributed by atoms with E-state index in [0.717, 1.165) is 6.92 Å². The Morgan fingerprint density at radius 1 is 1.06 bits per heavy atom. The lowest BCUT2D eigenvalue weighted by molar-refractivity contribution is 0.0139. The average molecular weight is 453 g/mol. The molecule has 0 aliphatic heterocycles. The lowest BCUT2D eigenvalue weighted by Crippen LogP contribution is -2.10. The van der Waals surface area contributed by atoms with E-state index < -0.39 is 17.4 Å². The highest BCUT2D eigenvalue weighted by atomic mass is 19.3. The lowest BCUT2D eigenvalue weighted by atomic mass is 9.99. The molecule has 0 amide bonds. The largest absolute Gasteiger partial charge is 0.296 e. The molecule has 168 valence electrons. The molecular formula is C24H19F4N5. The Kier molecular flexibility index (Phi) is 4.73. The summed E-state index contributed by atoms with van der Waals surface area (Å²) < 4.78 is 60.1. The summed E-state index contributed by atoms with van der Waals surface area (Å²) in [6.07, 6.45) is 4.17. The van der Waals surface area contributed by atoms with Gasteiger partial charge in [0.1, 0.15) is 17.3 Å². The van der Waals surface area contributed by atoms with Crippen molar-refractivity contribution in [2.24, 2.45) is 0 Å². The molecule has 5 aromatic rings. The van der Waals surface area contributed by atoms with Gasteiger partial charge in [0.2, 0.25) is 0 Å². The van der Waals surface area contributed by atoms with E-state index >= 15 is 4.39 Å². The van der Waals surface area contributed by atoms with Crippen LogP contribution in [0.25, 0.3) is 39.1 Å². The molecule has 0 aliphatic rings. The summed E-state index contributed by atoms with van der Waals surface area (Å²) in [7, 11) is 0. The molecule has 2 aromatic carbocycles. The molecule has 0 saturated carbocycles. The van der Waals surface area contributed by atoms with Crippen LogP contribution in [0.5, 0.6) is 0 Å². The SMILES string of the molecule is CC(C)c1cc(-c2cn3c(-c4ccc5[nH]ncc5c4F)c(C(C)(F)F)nc3cn2)ccc1F. The van der Waals surface area contributed by atoms with E-state index in [1.807, 2.05) is 13.8 Å². The summed E-state index contributed by atoms with van der Waals surface area (Å²) >= 11 is 0. The Morgan fingerprint density at radius 2 is 1.85 bits per heavy atom. The van der Waals surface area contributed by atoms with Crippen LogP contribution in [-0.4, -0.2) is 24.6 Å². The summed E-state index contributed by atoms with van der Waals surface area (Å²) in [6.45, 7) is 4.46. The first kappa shape index (κ1) is 21.1. The molecular weight excluding hydrogens is 434 g/mol. The van der Waals surface area contributed by atoms with Gasteiger partial charge < -0.3 is 0 Å². The zero-order valence-corrected chi connectivity index (χ0v) is 18.0. The minimum absolute atomic E-state index is 0.0351. The van der Waals surface area contributed by atoms with Crippen LogP contribution < -0.4 is 0 Å². The summed E-state index contributed by atoms with van der Waals surface area (Å²) in [5.74, 6) is -4.41. The quantitative estimate of drug-likeness (QED) is 0.318. The van der Waals surface area contributed by atoms with Crippen molar-refractivity contribution < 1.29 is 17.6 Å². The van der Waals surface area contributed by atoms with Crippen molar-refractivity contribution in [2.45, 2.75) is 32.6 Å². The number of alkyl halides is 2. The maximum absolute atomic E-state index is 15.4. The van der Waals surface area contributed by atoms with E-state index in [-0.39, 0.29) is 34.0 Å². The average Bonchev–Trinajstić information content (AvgIpc) is 3.39. The van der Waals surface area contributed by atoms with Crippen LogP contribution in [0.3, 0.4) is 0 Å². The number of rotatable bonds is 4. The predicted molar refractivity (Wildman–Crippen MR) is 117 cm³/mol. The molecule has 0 radical (unpaired) electrons. The molecule has 9 heteroatoms. The minimum atomic E-state index is -3.33. The molecule has 0 bridgehead atoms. The molecule has 1 N–H and O–H groups in total. The first-order valence-electron chi connectivity index (χ1n) is 10.3. The van der Waals surface area contributed by atoms with Gasteiger partial charge in [-0.2, -0.15) is 13.9 Å². The fourth-order valence-corrected chi connectivity index (χ4v) is 3.98. The van der Waals surface area contributed by atoms with Gasteiger partial charge in [0.25, 0.3) is 5.92 Å². The van der Waals surface area contributed by atoms with Crippen molar-refractivity contribution in [1.29, 1.82) is 0 Å². The number of halogens is 4. The van der Waals surface area contributed by atoms with Crippen molar-refractivity contribution in [3.63, 3.8) is 0 Å². The summed E-state index contributed by atoms with van der Waals surface area (Å²) in [5, 5.41) is 6.67.